The lowest BCUT2D eigenvalue weighted by Crippen LogP contribution is -2.14. The molecule has 0 atom stereocenters. The zero-order valence-corrected chi connectivity index (χ0v) is 8.61. The van der Waals surface area contributed by atoms with Gasteiger partial charge in [0.2, 0.25) is 0 Å². The number of rotatable bonds is 2. The van der Waals surface area contributed by atoms with E-state index in [0.29, 0.717) is 11.5 Å². The van der Waals surface area contributed by atoms with Crippen LogP contribution in [0.25, 0.3) is 0 Å². The molecule has 0 unspecified atom stereocenters. The van der Waals surface area contributed by atoms with Crippen LogP contribution in [0.15, 0.2) is 24.4 Å². The van der Waals surface area contributed by atoms with Gasteiger partial charge in [-0.05, 0) is 19.1 Å². The molecule has 2 aromatic rings. The summed E-state index contributed by atoms with van der Waals surface area (Å²) in [6.07, 6.45) is 1.71. The van der Waals surface area contributed by atoms with Crippen LogP contribution in [0, 0.1) is 6.92 Å². The molecular weight excluding hydrogens is 192 g/mol. The van der Waals surface area contributed by atoms with Crippen molar-refractivity contribution in [2.24, 2.45) is 7.05 Å². The third-order valence-electron chi connectivity index (χ3n) is 2.09. The molecule has 2 N–H and O–H groups in total. The molecule has 78 valence electrons. The Morgan fingerprint density at radius 2 is 2.40 bits per heavy atom. The molecule has 1 amide bonds. The molecule has 0 aliphatic rings. The number of anilines is 1. The van der Waals surface area contributed by atoms with Gasteiger partial charge in [-0.25, -0.2) is 0 Å². The maximum Gasteiger partial charge on any atom is 0.273 e. The van der Waals surface area contributed by atoms with Crippen LogP contribution in [0.4, 0.5) is 5.82 Å². The van der Waals surface area contributed by atoms with E-state index in [9.17, 15) is 4.79 Å². The van der Waals surface area contributed by atoms with Gasteiger partial charge in [-0.2, -0.15) is 5.10 Å². The van der Waals surface area contributed by atoms with Crippen LogP contribution in [0.1, 0.15) is 16.2 Å². The molecule has 0 fully saturated rings. The van der Waals surface area contributed by atoms with Crippen molar-refractivity contribution in [1.82, 2.24) is 14.8 Å². The average Bonchev–Trinajstić information content (AvgIpc) is 2.76. The number of H-pyrrole nitrogens is 1. The quantitative estimate of drug-likeness (QED) is 0.774. The van der Waals surface area contributed by atoms with Gasteiger partial charge in [0.25, 0.3) is 5.91 Å². The third kappa shape index (κ3) is 1.90. The first-order valence-electron chi connectivity index (χ1n) is 4.62. The van der Waals surface area contributed by atoms with Gasteiger partial charge in [-0.1, -0.05) is 0 Å². The number of aryl methyl sites for hydroxylation is 2. The summed E-state index contributed by atoms with van der Waals surface area (Å²) in [5, 5.41) is 6.90. The molecular formula is C10H12N4O. The van der Waals surface area contributed by atoms with Crippen molar-refractivity contribution in [2.45, 2.75) is 6.92 Å². The zero-order valence-electron chi connectivity index (χ0n) is 8.61. The van der Waals surface area contributed by atoms with Crippen LogP contribution in [0.3, 0.4) is 0 Å². The Morgan fingerprint density at radius 1 is 1.60 bits per heavy atom. The van der Waals surface area contributed by atoms with Gasteiger partial charge in [0, 0.05) is 19.3 Å². The van der Waals surface area contributed by atoms with E-state index in [2.05, 4.69) is 15.4 Å². The number of amides is 1. The van der Waals surface area contributed by atoms with Crippen LogP contribution in [-0.4, -0.2) is 20.7 Å². The Kier molecular flexibility index (Phi) is 2.29. The van der Waals surface area contributed by atoms with Crippen molar-refractivity contribution in [2.75, 3.05) is 5.32 Å². The topological polar surface area (TPSA) is 62.7 Å². The van der Waals surface area contributed by atoms with Crippen LogP contribution in [0.2, 0.25) is 0 Å². The van der Waals surface area contributed by atoms with Gasteiger partial charge in [0.15, 0.2) is 0 Å². The van der Waals surface area contributed by atoms with Crippen LogP contribution in [0.5, 0.6) is 0 Å². The highest BCUT2D eigenvalue weighted by Gasteiger charge is 2.09. The zero-order chi connectivity index (χ0) is 10.8. The van der Waals surface area contributed by atoms with Gasteiger partial charge in [0.05, 0.1) is 5.69 Å². The summed E-state index contributed by atoms with van der Waals surface area (Å²) in [7, 11) is 1.79. The number of carbonyl (C=O) groups is 1. The van der Waals surface area contributed by atoms with Crippen molar-refractivity contribution in [3.05, 3.63) is 35.8 Å². The van der Waals surface area contributed by atoms with Crippen LogP contribution in [-0.2, 0) is 7.05 Å². The van der Waals surface area contributed by atoms with Crippen LogP contribution < -0.4 is 5.32 Å². The summed E-state index contributed by atoms with van der Waals surface area (Å²) < 4.78 is 1.64. The van der Waals surface area contributed by atoms with Gasteiger partial charge in [-0.3, -0.25) is 9.48 Å². The smallest absolute Gasteiger partial charge is 0.273 e. The molecule has 0 spiro atoms. The average molecular weight is 204 g/mol. The Balaban J connectivity index is 2.16. The molecule has 0 bridgehead atoms. The van der Waals surface area contributed by atoms with Crippen molar-refractivity contribution in [3.63, 3.8) is 0 Å². The fourth-order valence-electron chi connectivity index (χ4n) is 1.38. The second-order valence-electron chi connectivity index (χ2n) is 3.33. The Hall–Kier alpha value is -2.04. The molecule has 0 aromatic carbocycles. The van der Waals surface area contributed by atoms with Gasteiger partial charge in [-0.15, -0.1) is 0 Å². The lowest BCUT2D eigenvalue weighted by atomic mass is 10.4. The largest absolute Gasteiger partial charge is 0.357 e. The van der Waals surface area contributed by atoms with Crippen molar-refractivity contribution < 1.29 is 4.79 Å². The number of hydrogen-bond donors (Lipinski definition) is 2. The maximum absolute atomic E-state index is 11.7. The minimum atomic E-state index is -0.164. The van der Waals surface area contributed by atoms with E-state index < -0.39 is 0 Å². The molecule has 0 saturated carbocycles. The van der Waals surface area contributed by atoms with Crippen molar-refractivity contribution in [1.29, 1.82) is 0 Å². The predicted octanol–water partition coefficient (Wildman–Crippen LogP) is 1.31. The number of aromatic nitrogens is 3. The Morgan fingerprint density at radius 3 is 2.93 bits per heavy atom. The van der Waals surface area contributed by atoms with Gasteiger partial charge >= 0.3 is 0 Å². The highest BCUT2D eigenvalue weighted by atomic mass is 16.2. The first-order chi connectivity index (χ1) is 7.16. The molecule has 0 aliphatic heterocycles. The Bertz CT molecular complexity index is 470. The lowest BCUT2D eigenvalue weighted by Gasteiger charge is -2.02. The minimum Gasteiger partial charge on any atom is -0.357 e. The summed E-state index contributed by atoms with van der Waals surface area (Å²) in [6, 6.07) is 5.32. The molecule has 0 radical (unpaired) electrons. The second-order valence-corrected chi connectivity index (χ2v) is 3.33. The van der Waals surface area contributed by atoms with E-state index in [4.69, 9.17) is 0 Å². The molecule has 2 rings (SSSR count). The van der Waals surface area contributed by atoms with E-state index in [0.717, 1.165) is 5.69 Å². The van der Waals surface area contributed by atoms with E-state index in [-0.39, 0.29) is 5.91 Å². The van der Waals surface area contributed by atoms with E-state index in [1.807, 2.05) is 13.0 Å². The van der Waals surface area contributed by atoms with Crippen molar-refractivity contribution >= 4 is 11.7 Å². The fourth-order valence-corrected chi connectivity index (χ4v) is 1.38. The molecule has 0 saturated heterocycles. The summed E-state index contributed by atoms with van der Waals surface area (Å²) in [5.74, 6) is 0.523. The molecule has 5 nitrogen and oxygen atoms in total. The summed E-state index contributed by atoms with van der Waals surface area (Å²) in [5.41, 5.74) is 1.41. The van der Waals surface area contributed by atoms with E-state index >= 15 is 0 Å². The highest BCUT2D eigenvalue weighted by molar-refractivity contribution is 6.02. The molecule has 2 aromatic heterocycles. The molecule has 15 heavy (non-hydrogen) atoms. The third-order valence-corrected chi connectivity index (χ3v) is 2.09. The van der Waals surface area contributed by atoms with E-state index in [1.54, 1.807) is 30.1 Å². The Labute approximate surface area is 87.1 Å². The standard InChI is InChI=1S/C10H12N4O/c1-7-6-9(14(2)13-7)12-10(15)8-4-3-5-11-8/h3-6,11H,1-2H3,(H,12,15). The highest BCUT2D eigenvalue weighted by Crippen LogP contribution is 2.09. The lowest BCUT2D eigenvalue weighted by molar-refractivity contribution is 0.102. The summed E-state index contributed by atoms with van der Waals surface area (Å²) in [6.45, 7) is 1.88. The van der Waals surface area contributed by atoms with Crippen molar-refractivity contribution in [3.8, 4) is 0 Å². The predicted molar refractivity (Wildman–Crippen MR) is 56.7 cm³/mol. The molecule has 2 heterocycles. The first kappa shape index (κ1) is 9.51. The number of aromatic amines is 1. The molecule has 5 heteroatoms. The first-order valence-corrected chi connectivity index (χ1v) is 4.62. The second kappa shape index (κ2) is 3.61. The minimum absolute atomic E-state index is 0.164. The number of carbonyl (C=O) groups excluding carboxylic acids is 1. The maximum atomic E-state index is 11.7. The van der Waals surface area contributed by atoms with Gasteiger partial charge in [0.1, 0.15) is 11.5 Å². The van der Waals surface area contributed by atoms with Gasteiger partial charge < -0.3 is 10.3 Å². The molecule has 0 aliphatic carbocycles. The number of nitrogens with zero attached hydrogens (tertiary/aromatic N) is 2. The SMILES string of the molecule is Cc1cc(NC(=O)c2ccc[nH]2)n(C)n1. The summed E-state index contributed by atoms with van der Waals surface area (Å²) >= 11 is 0. The van der Waals surface area contributed by atoms with E-state index in [1.165, 1.54) is 0 Å². The monoisotopic (exact) mass is 204 g/mol. The van der Waals surface area contributed by atoms with Crippen LogP contribution >= 0.6 is 0 Å². The normalized spacial score (nSPS) is 10.3. The fraction of sp³-hybridized carbons (Fsp3) is 0.200. The summed E-state index contributed by atoms with van der Waals surface area (Å²) in [4.78, 5) is 14.5. The number of hydrogen-bond acceptors (Lipinski definition) is 2. The number of nitrogens with one attached hydrogen (secondary N) is 2.